The van der Waals surface area contributed by atoms with E-state index in [4.69, 9.17) is 28.8 Å². The molecule has 3 heterocycles. The number of halogens is 1. The molecule has 28 heavy (non-hydrogen) atoms. The number of allylic oxidation sites excluding steroid dienone is 1. The Morgan fingerprint density at radius 2 is 1.89 bits per heavy atom. The molecule has 138 valence electrons. The average Bonchev–Trinajstić information content (AvgIpc) is 3.06. The van der Waals surface area contributed by atoms with Crippen LogP contribution in [0.1, 0.15) is 16.5 Å². The van der Waals surface area contributed by atoms with Crippen LogP contribution in [0, 0.1) is 3.95 Å². The van der Waals surface area contributed by atoms with Crippen LogP contribution in [0.15, 0.2) is 70.8 Å². The van der Waals surface area contributed by atoms with Gasteiger partial charge in [0.15, 0.2) is 3.95 Å². The van der Waals surface area contributed by atoms with Gasteiger partial charge in [0.2, 0.25) is 5.96 Å². The Hall–Kier alpha value is -2.74. The van der Waals surface area contributed by atoms with Crippen LogP contribution in [-0.4, -0.2) is 21.8 Å². The Balaban J connectivity index is 1.78. The van der Waals surface area contributed by atoms with Gasteiger partial charge in [0, 0.05) is 28.7 Å². The largest absolute Gasteiger partial charge is 0.508 e. The van der Waals surface area contributed by atoms with E-state index in [-0.39, 0.29) is 11.8 Å². The van der Waals surface area contributed by atoms with Gasteiger partial charge < -0.3 is 5.11 Å². The second kappa shape index (κ2) is 6.70. The molecule has 1 atom stereocenters. The maximum atomic E-state index is 10.4. The van der Waals surface area contributed by atoms with Crippen molar-refractivity contribution in [2.24, 2.45) is 9.98 Å². The van der Waals surface area contributed by atoms with Gasteiger partial charge >= 0.3 is 0 Å². The van der Waals surface area contributed by atoms with Gasteiger partial charge in [-0.3, -0.25) is 9.47 Å². The van der Waals surface area contributed by atoms with Crippen LogP contribution in [0.3, 0.4) is 0 Å². The summed E-state index contributed by atoms with van der Waals surface area (Å²) in [6, 6.07) is 14.4. The summed E-state index contributed by atoms with van der Waals surface area (Å²) in [7, 11) is 0. The minimum atomic E-state index is -0.383. The van der Waals surface area contributed by atoms with Crippen molar-refractivity contribution in [2.75, 3.05) is 4.90 Å². The molecule has 8 heteroatoms. The fourth-order valence-corrected chi connectivity index (χ4v) is 4.96. The second-order valence-electron chi connectivity index (χ2n) is 6.25. The van der Waals surface area contributed by atoms with E-state index in [2.05, 4.69) is 4.99 Å². The Morgan fingerprint density at radius 1 is 1.11 bits per heavy atom. The predicted octanol–water partition coefficient (Wildman–Crippen LogP) is 5.49. The monoisotopic (exact) mass is 424 g/mol. The van der Waals surface area contributed by atoms with E-state index in [9.17, 15) is 5.11 Å². The molecule has 3 aromatic rings. The first-order valence-corrected chi connectivity index (χ1v) is 10.1. The number of aliphatic imine (C=N–C) groups is 2. The van der Waals surface area contributed by atoms with Crippen LogP contribution in [0.25, 0.3) is 5.69 Å². The highest BCUT2D eigenvalue weighted by Gasteiger charge is 2.34. The molecule has 5 nitrogen and oxygen atoms in total. The molecule has 0 saturated heterocycles. The summed E-state index contributed by atoms with van der Waals surface area (Å²) in [6.45, 7) is 0. The topological polar surface area (TPSA) is 53.1 Å². The Bertz CT molecular complexity index is 1220. The first kappa shape index (κ1) is 17.4. The highest BCUT2D eigenvalue weighted by atomic mass is 35.5. The molecule has 1 unspecified atom stereocenters. The van der Waals surface area contributed by atoms with Gasteiger partial charge in [-0.15, -0.1) is 11.3 Å². The molecule has 2 aliphatic rings. The third kappa shape index (κ3) is 2.71. The van der Waals surface area contributed by atoms with E-state index in [1.165, 1.54) is 11.3 Å². The third-order valence-electron chi connectivity index (χ3n) is 4.58. The van der Waals surface area contributed by atoms with Crippen molar-refractivity contribution >= 4 is 53.1 Å². The van der Waals surface area contributed by atoms with Crippen molar-refractivity contribution in [3.8, 4) is 11.4 Å². The van der Waals surface area contributed by atoms with Gasteiger partial charge in [0.25, 0.3) is 0 Å². The number of thiazole rings is 1. The number of rotatable bonds is 2. The summed E-state index contributed by atoms with van der Waals surface area (Å²) in [6.07, 6.45) is 5.48. The van der Waals surface area contributed by atoms with Crippen LogP contribution >= 0.6 is 35.2 Å². The predicted molar refractivity (Wildman–Crippen MR) is 117 cm³/mol. The molecule has 5 rings (SSSR count). The van der Waals surface area contributed by atoms with Crippen molar-refractivity contribution in [3.05, 3.63) is 80.2 Å². The minimum Gasteiger partial charge on any atom is -0.508 e. The Kier molecular flexibility index (Phi) is 4.16. The molecule has 1 N–H and O–H groups in total. The molecule has 0 amide bonds. The van der Waals surface area contributed by atoms with E-state index in [0.717, 1.165) is 21.9 Å². The first-order chi connectivity index (χ1) is 13.6. The van der Waals surface area contributed by atoms with Crippen LogP contribution in [0.5, 0.6) is 5.75 Å². The van der Waals surface area contributed by atoms with Gasteiger partial charge in [-0.1, -0.05) is 29.8 Å². The molecule has 0 fully saturated rings. The zero-order valence-corrected chi connectivity index (χ0v) is 16.7. The summed E-state index contributed by atoms with van der Waals surface area (Å²) in [5, 5.41) is 11.1. The van der Waals surface area contributed by atoms with E-state index >= 15 is 0 Å². The van der Waals surface area contributed by atoms with Gasteiger partial charge in [0.1, 0.15) is 17.6 Å². The average molecular weight is 425 g/mol. The number of para-hydroxylation sites is 1. The molecular weight excluding hydrogens is 412 g/mol. The fraction of sp³-hybridized carbons (Fsp3) is 0.0500. The van der Waals surface area contributed by atoms with E-state index in [1.54, 1.807) is 18.3 Å². The van der Waals surface area contributed by atoms with Gasteiger partial charge in [-0.2, -0.15) is 0 Å². The smallest absolute Gasteiger partial charge is 0.231 e. The maximum Gasteiger partial charge on any atom is 0.231 e. The lowest BCUT2D eigenvalue weighted by molar-refractivity contribution is 0.465. The number of guanidine groups is 1. The molecular formula is C20H13ClN4OS2. The van der Waals surface area contributed by atoms with Crippen molar-refractivity contribution in [1.29, 1.82) is 0 Å². The summed E-state index contributed by atoms with van der Waals surface area (Å²) in [5.41, 5.74) is 1.63. The number of hydrogen-bond acceptors (Lipinski definition) is 6. The lowest BCUT2D eigenvalue weighted by atomic mass is 10.0. The van der Waals surface area contributed by atoms with Crippen LogP contribution in [0.4, 0.5) is 5.82 Å². The highest BCUT2D eigenvalue weighted by molar-refractivity contribution is 7.73. The number of aromatic hydroxyl groups is 1. The van der Waals surface area contributed by atoms with Gasteiger partial charge in [-0.25, -0.2) is 9.98 Å². The standard InChI is InChI=1S/C20H13ClN4OS2/c21-12-6-8-13(9-7-12)25-18-17(28-20(25)27)16(14-4-1-2-5-15(14)26)23-19-22-10-3-11-24(18)19/h1-11,16,26H. The zero-order valence-electron chi connectivity index (χ0n) is 14.4. The molecule has 0 bridgehead atoms. The van der Waals surface area contributed by atoms with Gasteiger partial charge in [-0.05, 0) is 48.6 Å². The number of phenolic OH excluding ortho intramolecular Hbond substituents is 1. The number of hydrogen-bond donors (Lipinski definition) is 1. The number of phenols is 1. The summed E-state index contributed by atoms with van der Waals surface area (Å²) < 4.78 is 2.69. The Morgan fingerprint density at radius 3 is 2.68 bits per heavy atom. The summed E-state index contributed by atoms with van der Waals surface area (Å²) >= 11 is 13.3. The lowest BCUT2D eigenvalue weighted by Gasteiger charge is -2.30. The van der Waals surface area contributed by atoms with Gasteiger partial charge in [0.05, 0.1) is 4.88 Å². The zero-order chi connectivity index (χ0) is 19.3. The van der Waals surface area contributed by atoms with Crippen molar-refractivity contribution in [3.63, 3.8) is 0 Å². The number of anilines is 1. The number of nitrogens with zero attached hydrogens (tertiary/aromatic N) is 4. The summed E-state index contributed by atoms with van der Waals surface area (Å²) in [5.74, 6) is 1.63. The summed E-state index contributed by atoms with van der Waals surface area (Å²) in [4.78, 5) is 12.1. The fourth-order valence-electron chi connectivity index (χ4n) is 3.33. The lowest BCUT2D eigenvalue weighted by Crippen LogP contribution is -2.32. The molecule has 2 aromatic carbocycles. The minimum absolute atomic E-state index is 0.198. The second-order valence-corrected chi connectivity index (χ2v) is 8.36. The van der Waals surface area contributed by atoms with Crippen molar-refractivity contribution in [2.45, 2.75) is 6.04 Å². The molecule has 0 spiro atoms. The number of fused-ring (bicyclic) bond motifs is 3. The molecule has 2 aliphatic heterocycles. The molecule has 1 aromatic heterocycles. The quantitative estimate of drug-likeness (QED) is 0.553. The molecule has 0 saturated carbocycles. The number of aromatic nitrogens is 1. The van der Waals surface area contributed by atoms with Crippen molar-refractivity contribution in [1.82, 2.24) is 4.57 Å². The molecule has 0 radical (unpaired) electrons. The van der Waals surface area contributed by atoms with Crippen LogP contribution in [-0.2, 0) is 0 Å². The van der Waals surface area contributed by atoms with E-state index in [0.29, 0.717) is 14.9 Å². The van der Waals surface area contributed by atoms with Crippen LogP contribution in [0.2, 0.25) is 5.02 Å². The van der Waals surface area contributed by atoms with E-state index in [1.807, 2.05) is 58.1 Å². The highest BCUT2D eigenvalue weighted by Crippen LogP contribution is 2.46. The Labute approximate surface area is 175 Å². The maximum absolute atomic E-state index is 10.4. The molecule has 0 aliphatic carbocycles. The first-order valence-electron chi connectivity index (χ1n) is 8.51. The van der Waals surface area contributed by atoms with Crippen LogP contribution < -0.4 is 4.90 Å². The SMILES string of the molecule is Oc1ccccc1C1N=C2N=CC=CN2c2c1sc(=S)n2-c1ccc(Cl)cc1. The van der Waals surface area contributed by atoms with Crippen molar-refractivity contribution < 1.29 is 5.11 Å². The third-order valence-corrected chi connectivity index (χ3v) is 6.24. The van der Waals surface area contributed by atoms with E-state index < -0.39 is 0 Å². The number of benzene rings is 2. The normalized spacial score (nSPS) is 17.2.